The first kappa shape index (κ1) is 33.5. The minimum Gasteiger partial charge on any atom is -0.339 e. The van der Waals surface area contributed by atoms with E-state index >= 15 is 4.39 Å². The fourth-order valence-corrected chi connectivity index (χ4v) is 8.64. The molecule has 0 bridgehead atoms. The number of aromatic amines is 1. The molecule has 4 heterocycles. The van der Waals surface area contributed by atoms with Crippen molar-refractivity contribution >= 4 is 49.2 Å². The maximum atomic E-state index is 17.8. The number of sulfone groups is 1. The third-order valence-corrected chi connectivity index (χ3v) is 10.9. The molecule has 48 heavy (non-hydrogen) atoms. The number of hydrogen-bond acceptors (Lipinski definition) is 6. The summed E-state index contributed by atoms with van der Waals surface area (Å²) < 4.78 is 46.5. The number of H-pyrrole nitrogens is 1. The summed E-state index contributed by atoms with van der Waals surface area (Å²) in [6.07, 6.45) is 5.81. The Labute approximate surface area is 283 Å². The SMILES string of the molecule is C=CC(=O)N1CCC(c2c(S(C)(=O)=O)c(=O)n(-c3c(C)ccnc3C(C)C)c3c(F)c(-c4c(C)ccc5[nH]ncc45)c(Cl)cc23)[C@@H](C)C1. The normalized spacial score (nSPS) is 17.1. The monoisotopic (exact) mass is 689 g/mol. The van der Waals surface area contributed by atoms with Gasteiger partial charge in [0.2, 0.25) is 5.91 Å². The highest BCUT2D eigenvalue weighted by atomic mass is 35.5. The number of nitrogens with one attached hydrogen (secondary N) is 1. The molecule has 9 nitrogen and oxygen atoms in total. The zero-order valence-electron chi connectivity index (χ0n) is 27.7. The molecule has 0 aliphatic carbocycles. The number of aromatic nitrogens is 4. The number of hydrogen-bond donors (Lipinski definition) is 1. The van der Waals surface area contributed by atoms with E-state index in [9.17, 15) is 18.0 Å². The van der Waals surface area contributed by atoms with Crippen LogP contribution in [0.2, 0.25) is 5.02 Å². The van der Waals surface area contributed by atoms with Crippen LogP contribution in [-0.4, -0.2) is 58.3 Å². The molecule has 1 aliphatic heterocycles. The molecule has 6 rings (SSSR count). The second kappa shape index (κ2) is 12.3. The lowest BCUT2D eigenvalue weighted by Gasteiger charge is -2.38. The van der Waals surface area contributed by atoms with Gasteiger partial charge in [-0.3, -0.25) is 24.2 Å². The van der Waals surface area contributed by atoms with Gasteiger partial charge in [-0.15, -0.1) is 0 Å². The van der Waals surface area contributed by atoms with E-state index in [1.165, 1.54) is 10.6 Å². The quantitative estimate of drug-likeness (QED) is 0.192. The molecule has 1 amide bonds. The van der Waals surface area contributed by atoms with Crippen LogP contribution < -0.4 is 5.56 Å². The van der Waals surface area contributed by atoms with E-state index < -0.39 is 32.0 Å². The molecule has 0 saturated carbocycles. The van der Waals surface area contributed by atoms with Crippen molar-refractivity contribution in [2.75, 3.05) is 19.3 Å². The topological polar surface area (TPSA) is 118 Å². The Hall–Kier alpha value is -4.35. The van der Waals surface area contributed by atoms with Crippen LogP contribution in [-0.2, 0) is 14.6 Å². The van der Waals surface area contributed by atoms with E-state index in [4.69, 9.17) is 11.6 Å². The lowest BCUT2D eigenvalue weighted by atomic mass is 9.79. The summed E-state index contributed by atoms with van der Waals surface area (Å²) >= 11 is 7.05. The van der Waals surface area contributed by atoms with Crippen molar-refractivity contribution in [1.29, 1.82) is 0 Å². The van der Waals surface area contributed by atoms with Crippen molar-refractivity contribution in [3.05, 3.63) is 92.9 Å². The van der Waals surface area contributed by atoms with Crippen molar-refractivity contribution in [2.24, 2.45) is 5.92 Å². The van der Waals surface area contributed by atoms with E-state index in [-0.39, 0.29) is 44.8 Å². The molecule has 5 aromatic rings. The molecule has 0 spiro atoms. The number of rotatable bonds is 6. The van der Waals surface area contributed by atoms with Crippen molar-refractivity contribution in [3.8, 4) is 16.8 Å². The number of nitrogens with zero attached hydrogens (tertiary/aromatic N) is 4. The number of piperidine rings is 1. The third kappa shape index (κ3) is 5.33. The summed E-state index contributed by atoms with van der Waals surface area (Å²) in [5.74, 6) is -1.98. The smallest absolute Gasteiger partial charge is 0.274 e. The Bertz CT molecular complexity index is 2330. The number of benzene rings is 2. The van der Waals surface area contributed by atoms with Gasteiger partial charge in [-0.05, 0) is 79.0 Å². The standard InChI is InChI=1S/C36H37ClFN5O4S/c1-8-27(44)42-14-12-22(21(6)17-42)29-23-15-25(37)30(28-19(4)9-10-26-24(28)16-40-41-26)31(38)34(23)43(36(45)35(29)48(7,46)47)33-20(5)11-13-39-32(33)18(2)3/h8-11,13,15-16,18,21-22H,1,12,14,17H2,2-7H3,(H,40,41)/t21-,22?/m0/s1. The van der Waals surface area contributed by atoms with Crippen LogP contribution in [0.5, 0.6) is 0 Å². The first-order valence-corrected chi connectivity index (χ1v) is 18.0. The summed E-state index contributed by atoms with van der Waals surface area (Å²) in [6, 6.07) is 6.98. The summed E-state index contributed by atoms with van der Waals surface area (Å²) in [5.41, 5.74) is 2.72. The van der Waals surface area contributed by atoms with Gasteiger partial charge in [-0.1, -0.05) is 45.0 Å². The average Bonchev–Trinajstić information content (AvgIpc) is 3.50. The number of amides is 1. The molecule has 1 unspecified atom stereocenters. The van der Waals surface area contributed by atoms with Crippen LogP contribution in [0.1, 0.15) is 61.4 Å². The van der Waals surface area contributed by atoms with Crippen molar-refractivity contribution in [1.82, 2.24) is 24.6 Å². The minimum absolute atomic E-state index is 0.0571. The van der Waals surface area contributed by atoms with Crippen molar-refractivity contribution in [3.63, 3.8) is 0 Å². The maximum Gasteiger partial charge on any atom is 0.274 e. The van der Waals surface area contributed by atoms with E-state index in [0.717, 1.165) is 11.8 Å². The lowest BCUT2D eigenvalue weighted by molar-refractivity contribution is -0.127. The van der Waals surface area contributed by atoms with Gasteiger partial charge in [-0.25, -0.2) is 12.8 Å². The second-order valence-electron chi connectivity index (χ2n) is 13.1. The van der Waals surface area contributed by atoms with Gasteiger partial charge in [0.1, 0.15) is 4.90 Å². The first-order valence-electron chi connectivity index (χ1n) is 15.8. The highest BCUT2D eigenvalue weighted by molar-refractivity contribution is 7.90. The van der Waals surface area contributed by atoms with E-state index in [2.05, 4.69) is 21.8 Å². The minimum atomic E-state index is -4.18. The largest absolute Gasteiger partial charge is 0.339 e. The fourth-order valence-electron chi connectivity index (χ4n) is 7.29. The van der Waals surface area contributed by atoms with Crippen LogP contribution in [0.25, 0.3) is 38.6 Å². The molecule has 1 aliphatic rings. The Kier molecular flexibility index (Phi) is 8.58. The van der Waals surface area contributed by atoms with Gasteiger partial charge in [-0.2, -0.15) is 5.10 Å². The number of pyridine rings is 2. The third-order valence-electron chi connectivity index (χ3n) is 9.49. The van der Waals surface area contributed by atoms with Gasteiger partial charge in [0.15, 0.2) is 15.7 Å². The molecular formula is C36H37ClFN5O4S. The Morgan fingerprint density at radius 3 is 2.54 bits per heavy atom. The number of carbonyl (C=O) groups is 1. The van der Waals surface area contributed by atoms with Gasteiger partial charge in [0.05, 0.1) is 33.6 Å². The van der Waals surface area contributed by atoms with E-state index in [1.807, 2.05) is 39.8 Å². The zero-order valence-corrected chi connectivity index (χ0v) is 29.3. The van der Waals surface area contributed by atoms with Gasteiger partial charge in [0.25, 0.3) is 5.56 Å². The van der Waals surface area contributed by atoms with Gasteiger partial charge in [0, 0.05) is 47.4 Å². The molecule has 0 radical (unpaired) electrons. The molecule has 12 heteroatoms. The van der Waals surface area contributed by atoms with Crippen LogP contribution in [0.3, 0.4) is 0 Å². The predicted octanol–water partition coefficient (Wildman–Crippen LogP) is 7.00. The Morgan fingerprint density at radius 1 is 1.17 bits per heavy atom. The molecule has 1 saturated heterocycles. The van der Waals surface area contributed by atoms with Crippen LogP contribution in [0.4, 0.5) is 4.39 Å². The molecule has 1 fully saturated rings. The second-order valence-corrected chi connectivity index (χ2v) is 15.4. The van der Waals surface area contributed by atoms with Crippen LogP contribution in [0.15, 0.2) is 59.0 Å². The summed E-state index contributed by atoms with van der Waals surface area (Å²) in [4.78, 5) is 33.2. The predicted molar refractivity (Wildman–Crippen MR) is 187 cm³/mol. The number of halogens is 2. The Balaban J connectivity index is 1.83. The molecular weight excluding hydrogens is 653 g/mol. The molecule has 1 N–H and O–H groups in total. The van der Waals surface area contributed by atoms with Crippen molar-refractivity contribution in [2.45, 2.75) is 57.8 Å². The molecule has 2 aromatic carbocycles. The summed E-state index contributed by atoms with van der Waals surface area (Å²) in [5, 5.41) is 8.01. The van der Waals surface area contributed by atoms with Gasteiger partial charge >= 0.3 is 0 Å². The summed E-state index contributed by atoms with van der Waals surface area (Å²) in [7, 11) is -4.18. The number of likely N-dealkylation sites (tertiary alicyclic amines) is 1. The number of aryl methyl sites for hydroxylation is 2. The highest BCUT2D eigenvalue weighted by Crippen LogP contribution is 2.46. The number of carbonyl (C=O) groups excluding carboxylic acids is 1. The van der Waals surface area contributed by atoms with Gasteiger partial charge < -0.3 is 4.90 Å². The summed E-state index contributed by atoms with van der Waals surface area (Å²) in [6.45, 7) is 13.5. The molecule has 250 valence electrons. The first-order chi connectivity index (χ1) is 22.7. The molecule has 2 atom stereocenters. The van der Waals surface area contributed by atoms with E-state index in [0.29, 0.717) is 52.9 Å². The van der Waals surface area contributed by atoms with Crippen LogP contribution in [0, 0.1) is 25.6 Å². The lowest BCUT2D eigenvalue weighted by Crippen LogP contribution is -2.42. The molecule has 3 aromatic heterocycles. The average molecular weight is 690 g/mol. The maximum absolute atomic E-state index is 17.8. The number of fused-ring (bicyclic) bond motifs is 2. The fraction of sp³-hybridized carbons (Fsp3) is 0.333. The van der Waals surface area contributed by atoms with E-state index in [1.54, 1.807) is 36.4 Å². The van der Waals surface area contributed by atoms with Crippen LogP contribution >= 0.6 is 11.6 Å². The zero-order chi connectivity index (χ0) is 34.8. The highest BCUT2D eigenvalue weighted by Gasteiger charge is 2.38. The van der Waals surface area contributed by atoms with Crippen molar-refractivity contribution < 1.29 is 17.6 Å². The Morgan fingerprint density at radius 2 is 1.90 bits per heavy atom.